The van der Waals surface area contributed by atoms with Gasteiger partial charge in [-0.15, -0.1) is 0 Å². The summed E-state index contributed by atoms with van der Waals surface area (Å²) in [5.41, 5.74) is 1.56. The zero-order valence-corrected chi connectivity index (χ0v) is 10.9. The summed E-state index contributed by atoms with van der Waals surface area (Å²) in [7, 11) is 1.55. The Labute approximate surface area is 114 Å². The molecule has 0 bridgehead atoms. The number of anilines is 2. The Balaban J connectivity index is 2.15. The third kappa shape index (κ3) is 1.85. The lowest BCUT2D eigenvalue weighted by atomic mass is 10.1. The summed E-state index contributed by atoms with van der Waals surface area (Å²) in [5.74, 6) is -0.443. The number of hydrogen-bond donors (Lipinski definition) is 1. The molecule has 1 aromatic heterocycles. The minimum absolute atomic E-state index is 0.229. The highest BCUT2D eigenvalue weighted by atomic mass is 16.4. The summed E-state index contributed by atoms with van der Waals surface area (Å²) >= 11 is 0. The molecule has 0 fully saturated rings. The molecule has 1 aliphatic rings. The number of benzene rings is 1. The van der Waals surface area contributed by atoms with Crippen molar-refractivity contribution in [2.45, 2.75) is 12.5 Å². The SMILES string of the molecule is Cn1nc(N2c3ccccc3C[C@H]2C(=O)O)ccc1=O. The minimum Gasteiger partial charge on any atom is -0.480 e. The third-order valence-electron chi connectivity index (χ3n) is 3.45. The Morgan fingerprint density at radius 3 is 2.75 bits per heavy atom. The second-order valence-corrected chi connectivity index (χ2v) is 4.71. The lowest BCUT2D eigenvalue weighted by Gasteiger charge is -2.23. The van der Waals surface area contributed by atoms with Crippen molar-refractivity contribution >= 4 is 17.5 Å². The van der Waals surface area contributed by atoms with Crippen LogP contribution >= 0.6 is 0 Å². The average molecular weight is 271 g/mol. The quantitative estimate of drug-likeness (QED) is 0.879. The van der Waals surface area contributed by atoms with E-state index in [1.54, 1.807) is 18.0 Å². The third-order valence-corrected chi connectivity index (χ3v) is 3.45. The van der Waals surface area contributed by atoms with Gasteiger partial charge in [0, 0.05) is 25.2 Å². The van der Waals surface area contributed by atoms with Crippen LogP contribution in [0.4, 0.5) is 11.5 Å². The molecule has 0 spiro atoms. The van der Waals surface area contributed by atoms with Gasteiger partial charge >= 0.3 is 5.97 Å². The molecule has 6 heteroatoms. The van der Waals surface area contributed by atoms with E-state index in [1.807, 2.05) is 24.3 Å². The Kier molecular flexibility index (Phi) is 2.78. The smallest absolute Gasteiger partial charge is 0.327 e. The lowest BCUT2D eigenvalue weighted by Crippen LogP contribution is -2.36. The van der Waals surface area contributed by atoms with E-state index < -0.39 is 12.0 Å². The van der Waals surface area contributed by atoms with Crippen molar-refractivity contribution in [3.63, 3.8) is 0 Å². The van der Waals surface area contributed by atoms with Gasteiger partial charge < -0.3 is 10.0 Å². The van der Waals surface area contributed by atoms with Crippen LogP contribution in [0.1, 0.15) is 5.56 Å². The zero-order valence-electron chi connectivity index (χ0n) is 10.9. The van der Waals surface area contributed by atoms with Crippen molar-refractivity contribution < 1.29 is 9.90 Å². The lowest BCUT2D eigenvalue weighted by molar-refractivity contribution is -0.138. The molecule has 102 valence electrons. The molecule has 0 saturated heterocycles. The maximum atomic E-state index is 11.5. The van der Waals surface area contributed by atoms with Gasteiger partial charge in [0.15, 0.2) is 5.82 Å². The topological polar surface area (TPSA) is 75.4 Å². The summed E-state index contributed by atoms with van der Waals surface area (Å²) in [4.78, 5) is 24.5. The number of aryl methyl sites for hydroxylation is 1. The fraction of sp³-hybridized carbons (Fsp3) is 0.214. The minimum atomic E-state index is -0.906. The molecular formula is C14H13N3O3. The fourth-order valence-electron chi connectivity index (χ4n) is 2.49. The number of rotatable bonds is 2. The van der Waals surface area contributed by atoms with Gasteiger partial charge in [-0.1, -0.05) is 18.2 Å². The number of carboxylic acids is 1. The van der Waals surface area contributed by atoms with Crippen molar-refractivity contribution in [2.75, 3.05) is 4.90 Å². The van der Waals surface area contributed by atoms with Crippen molar-refractivity contribution in [1.82, 2.24) is 9.78 Å². The standard InChI is InChI=1S/C14H13N3O3/c1-16-13(18)7-6-12(15-16)17-10-5-3-2-4-9(10)8-11(17)14(19)20/h2-7,11H,8H2,1H3,(H,19,20)/t11-/m0/s1. The molecule has 2 aromatic rings. The van der Waals surface area contributed by atoms with Crippen molar-refractivity contribution in [1.29, 1.82) is 0 Å². The van der Waals surface area contributed by atoms with Crippen LogP contribution in [0, 0.1) is 0 Å². The van der Waals surface area contributed by atoms with Crippen LogP contribution in [0.15, 0.2) is 41.2 Å². The van der Waals surface area contributed by atoms with Crippen LogP contribution in [0.2, 0.25) is 0 Å². The van der Waals surface area contributed by atoms with E-state index in [0.717, 1.165) is 11.3 Å². The van der Waals surface area contributed by atoms with E-state index in [9.17, 15) is 14.7 Å². The van der Waals surface area contributed by atoms with Crippen LogP contribution in [0.5, 0.6) is 0 Å². The molecule has 2 heterocycles. The number of carboxylic acid groups (broad SMARTS) is 1. The molecule has 0 radical (unpaired) electrons. The summed E-state index contributed by atoms with van der Waals surface area (Å²) in [6.45, 7) is 0. The molecule has 1 N–H and O–H groups in total. The van der Waals surface area contributed by atoms with E-state index in [0.29, 0.717) is 12.2 Å². The predicted molar refractivity (Wildman–Crippen MR) is 73.2 cm³/mol. The summed E-state index contributed by atoms with van der Waals surface area (Å²) in [6, 6.07) is 9.77. The van der Waals surface area contributed by atoms with Gasteiger partial charge in [-0.05, 0) is 17.7 Å². The van der Waals surface area contributed by atoms with Crippen LogP contribution in [0.25, 0.3) is 0 Å². The Morgan fingerprint density at radius 1 is 1.30 bits per heavy atom. The van der Waals surface area contributed by atoms with E-state index in [-0.39, 0.29) is 5.56 Å². The molecule has 0 unspecified atom stereocenters. The maximum Gasteiger partial charge on any atom is 0.327 e. The fourth-order valence-corrected chi connectivity index (χ4v) is 2.49. The monoisotopic (exact) mass is 271 g/mol. The van der Waals surface area contributed by atoms with Gasteiger partial charge in [0.25, 0.3) is 5.56 Å². The van der Waals surface area contributed by atoms with Crippen molar-refractivity contribution in [3.05, 3.63) is 52.3 Å². The van der Waals surface area contributed by atoms with Gasteiger partial charge in [0.1, 0.15) is 6.04 Å². The van der Waals surface area contributed by atoms with Crippen LogP contribution in [-0.2, 0) is 18.3 Å². The average Bonchev–Trinajstić information content (AvgIpc) is 2.81. The first-order chi connectivity index (χ1) is 9.58. The number of fused-ring (bicyclic) bond motifs is 1. The largest absolute Gasteiger partial charge is 0.480 e. The first-order valence-corrected chi connectivity index (χ1v) is 6.22. The molecule has 0 aliphatic carbocycles. The number of aromatic nitrogens is 2. The van der Waals surface area contributed by atoms with E-state index >= 15 is 0 Å². The zero-order chi connectivity index (χ0) is 14.3. The Morgan fingerprint density at radius 2 is 2.05 bits per heavy atom. The summed E-state index contributed by atoms with van der Waals surface area (Å²) < 4.78 is 1.20. The molecule has 1 aliphatic heterocycles. The Hall–Kier alpha value is -2.63. The van der Waals surface area contributed by atoms with E-state index in [1.165, 1.54) is 10.7 Å². The van der Waals surface area contributed by atoms with Gasteiger partial charge in [-0.3, -0.25) is 4.79 Å². The van der Waals surface area contributed by atoms with Gasteiger partial charge in [-0.25, -0.2) is 9.48 Å². The number of carbonyl (C=O) groups is 1. The molecule has 20 heavy (non-hydrogen) atoms. The summed E-state index contributed by atoms with van der Waals surface area (Å²) in [5, 5.41) is 13.6. The van der Waals surface area contributed by atoms with Crippen molar-refractivity contribution in [3.8, 4) is 0 Å². The molecule has 1 atom stereocenters. The normalized spacial score (nSPS) is 17.1. The number of aliphatic carboxylic acids is 1. The maximum absolute atomic E-state index is 11.5. The first kappa shape index (κ1) is 12.4. The highest BCUT2D eigenvalue weighted by Crippen LogP contribution is 2.36. The molecule has 3 rings (SSSR count). The molecule has 0 amide bonds. The van der Waals surface area contributed by atoms with E-state index in [2.05, 4.69) is 5.10 Å². The highest BCUT2D eigenvalue weighted by molar-refractivity contribution is 5.86. The van der Waals surface area contributed by atoms with Crippen LogP contribution in [0.3, 0.4) is 0 Å². The van der Waals surface area contributed by atoms with Gasteiger partial charge in [0.2, 0.25) is 0 Å². The van der Waals surface area contributed by atoms with Crippen molar-refractivity contribution in [2.24, 2.45) is 7.05 Å². The van der Waals surface area contributed by atoms with Gasteiger partial charge in [-0.2, -0.15) is 5.10 Å². The van der Waals surface area contributed by atoms with E-state index in [4.69, 9.17) is 0 Å². The highest BCUT2D eigenvalue weighted by Gasteiger charge is 2.36. The number of hydrogen-bond acceptors (Lipinski definition) is 4. The second-order valence-electron chi connectivity index (χ2n) is 4.71. The first-order valence-electron chi connectivity index (χ1n) is 6.22. The number of para-hydroxylation sites is 1. The second kappa shape index (κ2) is 4.48. The van der Waals surface area contributed by atoms with Crippen LogP contribution < -0.4 is 10.5 Å². The summed E-state index contributed by atoms with van der Waals surface area (Å²) in [6.07, 6.45) is 0.427. The number of nitrogens with zero attached hydrogens (tertiary/aromatic N) is 3. The Bertz CT molecular complexity index is 738. The molecule has 1 aromatic carbocycles. The predicted octanol–water partition coefficient (Wildman–Crippen LogP) is 0.928. The van der Waals surface area contributed by atoms with Crippen LogP contribution in [-0.4, -0.2) is 26.9 Å². The molecular weight excluding hydrogens is 258 g/mol. The van der Waals surface area contributed by atoms with Gasteiger partial charge in [0.05, 0.1) is 0 Å². The molecule has 6 nitrogen and oxygen atoms in total. The molecule has 0 saturated carbocycles.